The number of unbranched alkanes of at least 4 members (excludes halogenated alkanes) is 3. The van der Waals surface area contributed by atoms with Crippen molar-refractivity contribution in [2.75, 3.05) is 26.3 Å². The Bertz CT molecular complexity index is 191. The van der Waals surface area contributed by atoms with E-state index in [9.17, 15) is 4.79 Å². The summed E-state index contributed by atoms with van der Waals surface area (Å²) in [5, 5.41) is 6.23. The normalized spacial score (nSPS) is 20.7. The zero-order valence-corrected chi connectivity index (χ0v) is 10.3. The number of ether oxygens (including phenoxy) is 1. The largest absolute Gasteiger partial charge is 0.378 e. The SMILES string of the molecule is CCCCCCNC(=O)CC1COCCN1. The van der Waals surface area contributed by atoms with Crippen molar-refractivity contribution in [3.63, 3.8) is 0 Å². The number of carbonyl (C=O) groups excluding carboxylic acids is 1. The van der Waals surface area contributed by atoms with Crippen LogP contribution in [-0.2, 0) is 9.53 Å². The molecular formula is C12H24N2O2. The quantitative estimate of drug-likeness (QED) is 0.641. The van der Waals surface area contributed by atoms with Crippen molar-refractivity contribution in [2.24, 2.45) is 0 Å². The number of amides is 1. The van der Waals surface area contributed by atoms with Crippen molar-refractivity contribution in [3.8, 4) is 0 Å². The average Bonchev–Trinajstić information content (AvgIpc) is 2.30. The van der Waals surface area contributed by atoms with Gasteiger partial charge in [-0.3, -0.25) is 4.79 Å². The first kappa shape index (κ1) is 13.5. The molecule has 1 unspecified atom stereocenters. The maximum atomic E-state index is 11.5. The molecule has 0 saturated carbocycles. The Balaban J connectivity index is 1.97. The van der Waals surface area contributed by atoms with Gasteiger partial charge in [-0.1, -0.05) is 26.2 Å². The second kappa shape index (κ2) is 8.53. The van der Waals surface area contributed by atoms with Crippen LogP contribution in [0, 0.1) is 0 Å². The van der Waals surface area contributed by atoms with Gasteiger partial charge in [0.05, 0.1) is 13.2 Å². The zero-order valence-electron chi connectivity index (χ0n) is 10.3. The molecule has 16 heavy (non-hydrogen) atoms. The van der Waals surface area contributed by atoms with Crippen LogP contribution in [0.5, 0.6) is 0 Å². The lowest BCUT2D eigenvalue weighted by Crippen LogP contribution is -2.44. The standard InChI is InChI=1S/C12H24N2O2/c1-2-3-4-5-6-14-12(15)9-11-10-16-8-7-13-11/h11,13H,2-10H2,1H3,(H,14,15). The van der Waals surface area contributed by atoms with Crippen molar-refractivity contribution in [1.29, 1.82) is 0 Å². The molecule has 1 aliphatic heterocycles. The molecule has 1 fully saturated rings. The molecule has 0 spiro atoms. The Kier molecular flexibility index (Phi) is 7.17. The number of morpholine rings is 1. The van der Waals surface area contributed by atoms with Gasteiger partial charge in [0.25, 0.3) is 0 Å². The van der Waals surface area contributed by atoms with E-state index in [4.69, 9.17) is 4.74 Å². The molecule has 4 nitrogen and oxygen atoms in total. The highest BCUT2D eigenvalue weighted by Crippen LogP contribution is 1.99. The lowest BCUT2D eigenvalue weighted by atomic mass is 10.2. The summed E-state index contributed by atoms with van der Waals surface area (Å²) >= 11 is 0. The first-order valence-electron chi connectivity index (χ1n) is 6.40. The minimum Gasteiger partial charge on any atom is -0.378 e. The van der Waals surface area contributed by atoms with Gasteiger partial charge in [-0.2, -0.15) is 0 Å². The maximum Gasteiger partial charge on any atom is 0.221 e. The molecule has 1 amide bonds. The number of hydrogen-bond acceptors (Lipinski definition) is 3. The molecule has 2 N–H and O–H groups in total. The molecule has 0 aliphatic carbocycles. The number of hydrogen-bond donors (Lipinski definition) is 2. The van der Waals surface area contributed by atoms with Gasteiger partial charge in [0.2, 0.25) is 5.91 Å². The Morgan fingerprint density at radius 3 is 3.00 bits per heavy atom. The first-order valence-corrected chi connectivity index (χ1v) is 6.40. The molecule has 1 saturated heterocycles. The molecule has 94 valence electrons. The third-order valence-corrected chi connectivity index (χ3v) is 2.78. The Hall–Kier alpha value is -0.610. The summed E-state index contributed by atoms with van der Waals surface area (Å²) < 4.78 is 5.30. The van der Waals surface area contributed by atoms with E-state index in [0.717, 1.165) is 26.1 Å². The highest BCUT2D eigenvalue weighted by molar-refractivity contribution is 5.76. The predicted octanol–water partition coefficient (Wildman–Crippen LogP) is 1.06. The number of rotatable bonds is 7. The van der Waals surface area contributed by atoms with Crippen molar-refractivity contribution in [3.05, 3.63) is 0 Å². The van der Waals surface area contributed by atoms with E-state index in [1.807, 2.05) is 0 Å². The lowest BCUT2D eigenvalue weighted by molar-refractivity contribution is -0.122. The predicted molar refractivity (Wildman–Crippen MR) is 64.4 cm³/mol. The van der Waals surface area contributed by atoms with Crippen LogP contribution in [-0.4, -0.2) is 38.3 Å². The van der Waals surface area contributed by atoms with Crippen molar-refractivity contribution in [2.45, 2.75) is 45.1 Å². The van der Waals surface area contributed by atoms with Crippen LogP contribution in [0.2, 0.25) is 0 Å². The lowest BCUT2D eigenvalue weighted by Gasteiger charge is -2.23. The summed E-state index contributed by atoms with van der Waals surface area (Å²) in [6, 6.07) is 0.199. The smallest absolute Gasteiger partial charge is 0.221 e. The van der Waals surface area contributed by atoms with Crippen LogP contribution in [0.1, 0.15) is 39.0 Å². The Morgan fingerprint density at radius 2 is 2.31 bits per heavy atom. The third kappa shape index (κ3) is 6.08. The van der Waals surface area contributed by atoms with E-state index < -0.39 is 0 Å². The molecule has 1 aliphatic rings. The Labute approximate surface area is 98.1 Å². The third-order valence-electron chi connectivity index (χ3n) is 2.78. The zero-order chi connectivity index (χ0) is 11.6. The molecule has 1 rings (SSSR count). The fraction of sp³-hybridized carbons (Fsp3) is 0.917. The minimum atomic E-state index is 0.138. The van der Waals surface area contributed by atoms with Gasteiger partial charge in [0, 0.05) is 25.6 Å². The Morgan fingerprint density at radius 1 is 1.44 bits per heavy atom. The van der Waals surface area contributed by atoms with Crippen LogP contribution in [0.25, 0.3) is 0 Å². The summed E-state index contributed by atoms with van der Waals surface area (Å²) in [5.74, 6) is 0.138. The van der Waals surface area contributed by atoms with E-state index in [0.29, 0.717) is 13.0 Å². The monoisotopic (exact) mass is 228 g/mol. The van der Waals surface area contributed by atoms with Crippen LogP contribution in [0.15, 0.2) is 0 Å². The van der Waals surface area contributed by atoms with E-state index in [2.05, 4.69) is 17.6 Å². The van der Waals surface area contributed by atoms with Crippen molar-refractivity contribution >= 4 is 5.91 Å². The van der Waals surface area contributed by atoms with Crippen LogP contribution >= 0.6 is 0 Å². The van der Waals surface area contributed by atoms with Crippen molar-refractivity contribution in [1.82, 2.24) is 10.6 Å². The average molecular weight is 228 g/mol. The maximum absolute atomic E-state index is 11.5. The number of carbonyl (C=O) groups is 1. The summed E-state index contributed by atoms with van der Waals surface area (Å²) in [4.78, 5) is 11.5. The van der Waals surface area contributed by atoms with E-state index >= 15 is 0 Å². The van der Waals surface area contributed by atoms with E-state index in [1.165, 1.54) is 19.3 Å². The van der Waals surface area contributed by atoms with Gasteiger partial charge in [-0.25, -0.2) is 0 Å². The second-order valence-electron chi connectivity index (χ2n) is 4.34. The van der Waals surface area contributed by atoms with Crippen LogP contribution in [0.3, 0.4) is 0 Å². The second-order valence-corrected chi connectivity index (χ2v) is 4.34. The molecule has 0 aromatic heterocycles. The molecule has 4 heteroatoms. The van der Waals surface area contributed by atoms with Gasteiger partial charge in [0.1, 0.15) is 0 Å². The molecule has 0 radical (unpaired) electrons. The van der Waals surface area contributed by atoms with E-state index in [1.54, 1.807) is 0 Å². The van der Waals surface area contributed by atoms with Gasteiger partial charge in [0.15, 0.2) is 0 Å². The number of nitrogens with one attached hydrogen (secondary N) is 2. The topological polar surface area (TPSA) is 50.4 Å². The summed E-state index contributed by atoms with van der Waals surface area (Å²) in [6.45, 7) is 5.27. The molecule has 1 heterocycles. The van der Waals surface area contributed by atoms with Gasteiger partial charge in [-0.05, 0) is 6.42 Å². The van der Waals surface area contributed by atoms with Gasteiger partial charge in [-0.15, -0.1) is 0 Å². The molecule has 1 atom stereocenters. The van der Waals surface area contributed by atoms with Crippen LogP contribution in [0.4, 0.5) is 0 Å². The summed E-state index contributed by atoms with van der Waals surface area (Å²) in [6.07, 6.45) is 5.33. The van der Waals surface area contributed by atoms with Crippen molar-refractivity contribution < 1.29 is 9.53 Å². The molecule has 0 bridgehead atoms. The van der Waals surface area contributed by atoms with Gasteiger partial charge < -0.3 is 15.4 Å². The molecule has 0 aromatic rings. The van der Waals surface area contributed by atoms with Gasteiger partial charge >= 0.3 is 0 Å². The highest BCUT2D eigenvalue weighted by Gasteiger charge is 2.16. The van der Waals surface area contributed by atoms with Crippen LogP contribution < -0.4 is 10.6 Å². The first-order chi connectivity index (χ1) is 7.83. The fourth-order valence-electron chi connectivity index (χ4n) is 1.83. The molecule has 0 aromatic carbocycles. The highest BCUT2D eigenvalue weighted by atomic mass is 16.5. The molecular weight excluding hydrogens is 204 g/mol. The van der Waals surface area contributed by atoms with E-state index in [-0.39, 0.29) is 11.9 Å². The minimum absolute atomic E-state index is 0.138. The fourth-order valence-corrected chi connectivity index (χ4v) is 1.83. The summed E-state index contributed by atoms with van der Waals surface area (Å²) in [5.41, 5.74) is 0. The summed E-state index contributed by atoms with van der Waals surface area (Å²) in [7, 11) is 0.